The van der Waals surface area contributed by atoms with Crippen molar-refractivity contribution in [2.75, 3.05) is 64.4 Å². The van der Waals surface area contributed by atoms with E-state index in [0.717, 1.165) is 44.8 Å². The largest absolute Gasteiger partial charge is 0.508 e. The molecule has 4 N–H and O–H groups in total. The van der Waals surface area contributed by atoms with Crippen LogP contribution < -0.4 is 20.3 Å². The Balaban J connectivity index is 0.00000191. The van der Waals surface area contributed by atoms with Crippen LogP contribution in [0.25, 0.3) is 0 Å². The Kier molecular flexibility index (Phi) is 17.7. The highest BCUT2D eigenvalue weighted by Gasteiger charge is 2.14. The van der Waals surface area contributed by atoms with Crippen LogP contribution in [-0.2, 0) is 4.79 Å². The quantitative estimate of drug-likeness (QED) is 0.213. The number of aliphatic imine (C=N–C) groups is 2. The maximum absolute atomic E-state index is 12.2. The van der Waals surface area contributed by atoms with Crippen LogP contribution in [0.3, 0.4) is 0 Å². The van der Waals surface area contributed by atoms with E-state index in [1.54, 1.807) is 30.5 Å². The van der Waals surface area contributed by atoms with Crippen molar-refractivity contribution >= 4 is 41.6 Å². The van der Waals surface area contributed by atoms with Gasteiger partial charge in [0.2, 0.25) is 5.91 Å². The molecule has 10 nitrogen and oxygen atoms in total. The van der Waals surface area contributed by atoms with Crippen molar-refractivity contribution in [1.29, 1.82) is 0 Å². The summed E-state index contributed by atoms with van der Waals surface area (Å²) in [5.41, 5.74) is 2.51. The van der Waals surface area contributed by atoms with Gasteiger partial charge in [0.15, 0.2) is 0 Å². The third-order valence-electron chi connectivity index (χ3n) is 5.88. The van der Waals surface area contributed by atoms with Gasteiger partial charge in [-0.05, 0) is 37.9 Å². The molecule has 0 atom stereocenters. The fourth-order valence-electron chi connectivity index (χ4n) is 4.03. The molecule has 1 heterocycles. The van der Waals surface area contributed by atoms with Crippen molar-refractivity contribution in [2.45, 2.75) is 40.5 Å². The summed E-state index contributed by atoms with van der Waals surface area (Å²) < 4.78 is 5.25. The fraction of sp³-hybridized carbons (Fsp3) is 0.500. The third-order valence-corrected chi connectivity index (χ3v) is 5.88. The van der Waals surface area contributed by atoms with E-state index in [1.165, 1.54) is 13.2 Å². The number of nitrogens with zero attached hydrogens (tertiary/aromatic N) is 4. The second kappa shape index (κ2) is 20.4. The van der Waals surface area contributed by atoms with E-state index in [0.29, 0.717) is 35.9 Å². The fourth-order valence-corrected chi connectivity index (χ4v) is 4.03. The highest BCUT2D eigenvalue weighted by Crippen LogP contribution is 2.37. The number of carbonyl (C=O) groups excluding carboxylic acids is 1. The molecule has 1 saturated heterocycles. The molecule has 3 rings (SSSR count). The first-order valence-corrected chi connectivity index (χ1v) is 14.1. The van der Waals surface area contributed by atoms with Crippen molar-refractivity contribution in [3.8, 4) is 11.5 Å². The predicted molar refractivity (Wildman–Crippen MR) is 167 cm³/mol. The molecule has 0 bridgehead atoms. The molecular formula is C30H48N6O4. The standard InChI is InChI=1S/C26H36N6O4.2C2H6/c1-27-25-18-20(32(14-15-33)21-16-22(34)19-23(17-21)36-2)4-5-24(25)29-8-6-26(35)30-7-3-11-31-12-9-28-10-13-31;2*1-2/h4-5,8,16-19,28,33-34H,1,3,6-7,9-15H2,2H3,(H,30,35);2*1-2H3. The van der Waals surface area contributed by atoms with Gasteiger partial charge < -0.3 is 35.4 Å². The Morgan fingerprint density at radius 1 is 1.12 bits per heavy atom. The number of carbonyl (C=O) groups is 1. The van der Waals surface area contributed by atoms with E-state index in [4.69, 9.17) is 4.74 Å². The van der Waals surface area contributed by atoms with Crippen molar-refractivity contribution in [1.82, 2.24) is 15.5 Å². The van der Waals surface area contributed by atoms with Gasteiger partial charge in [0.1, 0.15) is 11.5 Å². The summed E-state index contributed by atoms with van der Waals surface area (Å²) in [7, 11) is 1.52. The van der Waals surface area contributed by atoms with E-state index < -0.39 is 0 Å². The number of aliphatic hydroxyl groups is 1. The number of hydrogen-bond donors (Lipinski definition) is 4. The molecule has 1 fully saturated rings. The monoisotopic (exact) mass is 556 g/mol. The van der Waals surface area contributed by atoms with Gasteiger partial charge in [0, 0.05) is 75.1 Å². The minimum Gasteiger partial charge on any atom is -0.508 e. The number of piperazine rings is 1. The van der Waals surface area contributed by atoms with Crippen LogP contribution in [0.15, 0.2) is 46.4 Å². The molecule has 2 aromatic rings. The summed E-state index contributed by atoms with van der Waals surface area (Å²) in [6.07, 6.45) is 2.66. The molecule has 10 heteroatoms. The number of rotatable bonds is 13. The molecule has 0 spiro atoms. The lowest BCUT2D eigenvalue weighted by Crippen LogP contribution is -2.44. The predicted octanol–water partition coefficient (Wildman–Crippen LogP) is 4.42. The van der Waals surface area contributed by atoms with Crippen molar-refractivity contribution in [2.24, 2.45) is 9.98 Å². The molecule has 40 heavy (non-hydrogen) atoms. The summed E-state index contributed by atoms with van der Waals surface area (Å²) in [6, 6.07) is 10.3. The highest BCUT2D eigenvalue weighted by atomic mass is 16.5. The lowest BCUT2D eigenvalue weighted by molar-refractivity contribution is -0.119. The second-order valence-electron chi connectivity index (χ2n) is 8.41. The van der Waals surface area contributed by atoms with E-state index in [2.05, 4.69) is 32.2 Å². The average molecular weight is 557 g/mol. The number of ether oxygens (including phenoxy) is 1. The first-order valence-electron chi connectivity index (χ1n) is 14.1. The number of benzene rings is 2. The first kappa shape index (κ1) is 34.6. The van der Waals surface area contributed by atoms with Crippen LogP contribution >= 0.6 is 0 Å². The third kappa shape index (κ3) is 11.7. The normalized spacial score (nSPS) is 12.9. The summed E-state index contributed by atoms with van der Waals surface area (Å²) in [4.78, 5) is 24.9. The maximum Gasteiger partial charge on any atom is 0.225 e. The first-order chi connectivity index (χ1) is 19.5. The maximum atomic E-state index is 12.2. The molecule has 1 aliphatic heterocycles. The van der Waals surface area contributed by atoms with Crippen LogP contribution in [0.2, 0.25) is 0 Å². The van der Waals surface area contributed by atoms with Crippen molar-refractivity contribution in [3.05, 3.63) is 36.4 Å². The lowest BCUT2D eigenvalue weighted by atomic mass is 10.2. The molecule has 1 aliphatic rings. The molecule has 1 amide bonds. The van der Waals surface area contributed by atoms with Gasteiger partial charge in [0.05, 0.1) is 31.5 Å². The Bertz CT molecular complexity index is 1040. The molecule has 222 valence electrons. The molecule has 0 saturated carbocycles. The van der Waals surface area contributed by atoms with Crippen LogP contribution in [-0.4, -0.2) is 93.5 Å². The number of phenols is 1. The van der Waals surface area contributed by atoms with Gasteiger partial charge in [-0.3, -0.25) is 14.8 Å². The number of aliphatic hydroxyl groups excluding tert-OH is 1. The van der Waals surface area contributed by atoms with Crippen LogP contribution in [0.1, 0.15) is 40.5 Å². The van der Waals surface area contributed by atoms with E-state index in [1.807, 2.05) is 38.7 Å². The molecular weight excluding hydrogens is 508 g/mol. The Morgan fingerprint density at radius 3 is 2.50 bits per heavy atom. The lowest BCUT2D eigenvalue weighted by Gasteiger charge is -2.27. The summed E-state index contributed by atoms with van der Waals surface area (Å²) in [5, 5.41) is 25.9. The van der Waals surface area contributed by atoms with Gasteiger partial charge >= 0.3 is 0 Å². The van der Waals surface area contributed by atoms with E-state index in [9.17, 15) is 15.0 Å². The number of anilines is 2. The van der Waals surface area contributed by atoms with E-state index >= 15 is 0 Å². The Hall–Kier alpha value is -3.47. The molecule has 0 aliphatic carbocycles. The van der Waals surface area contributed by atoms with Crippen LogP contribution in [0.4, 0.5) is 22.7 Å². The topological polar surface area (TPSA) is 122 Å². The Labute approximate surface area is 239 Å². The zero-order chi connectivity index (χ0) is 29.8. The summed E-state index contributed by atoms with van der Waals surface area (Å²) in [6.45, 7) is 17.6. The van der Waals surface area contributed by atoms with Gasteiger partial charge in [-0.25, -0.2) is 0 Å². The zero-order valence-electron chi connectivity index (χ0n) is 24.8. The number of hydrogen-bond acceptors (Lipinski definition) is 9. The highest BCUT2D eigenvalue weighted by molar-refractivity contribution is 5.91. The van der Waals surface area contributed by atoms with Crippen LogP contribution in [0.5, 0.6) is 11.5 Å². The zero-order valence-corrected chi connectivity index (χ0v) is 24.8. The number of aromatic hydroxyl groups is 1. The van der Waals surface area contributed by atoms with Crippen molar-refractivity contribution < 1.29 is 19.7 Å². The summed E-state index contributed by atoms with van der Waals surface area (Å²) in [5.74, 6) is 0.478. The summed E-state index contributed by atoms with van der Waals surface area (Å²) >= 11 is 0. The number of amides is 1. The molecule has 2 aromatic carbocycles. The smallest absolute Gasteiger partial charge is 0.225 e. The molecule has 0 radical (unpaired) electrons. The molecule has 0 unspecified atom stereocenters. The number of methoxy groups -OCH3 is 1. The minimum atomic E-state index is -0.0981. The number of nitrogens with one attached hydrogen (secondary N) is 2. The van der Waals surface area contributed by atoms with E-state index in [-0.39, 0.29) is 24.7 Å². The van der Waals surface area contributed by atoms with Crippen LogP contribution in [0, 0.1) is 0 Å². The van der Waals surface area contributed by atoms with Gasteiger partial charge in [-0.1, -0.05) is 27.7 Å². The van der Waals surface area contributed by atoms with Crippen molar-refractivity contribution in [3.63, 3.8) is 0 Å². The van der Waals surface area contributed by atoms with Gasteiger partial charge in [0.25, 0.3) is 0 Å². The van der Waals surface area contributed by atoms with Gasteiger partial charge in [-0.15, -0.1) is 0 Å². The van der Waals surface area contributed by atoms with Gasteiger partial charge in [-0.2, -0.15) is 0 Å². The minimum absolute atomic E-state index is 0.0534. The average Bonchev–Trinajstić information content (AvgIpc) is 3.00. The SMILES string of the molecule is C=Nc1cc(N(CCO)c2cc(O)cc(OC)c2)ccc1N=CCC(=O)NCCCN1CCNCC1.CC.CC. The number of phenolic OH excluding ortho intramolecular Hbond substituents is 1. The Morgan fingerprint density at radius 2 is 1.85 bits per heavy atom. The molecule has 0 aromatic heterocycles. The second-order valence-corrected chi connectivity index (χ2v) is 8.41.